The van der Waals surface area contributed by atoms with Crippen LogP contribution in [0.25, 0.3) is 0 Å². The zero-order valence-electron chi connectivity index (χ0n) is 11.5. The minimum Gasteiger partial charge on any atom is -0.481 e. The van der Waals surface area contributed by atoms with Gasteiger partial charge in [0.1, 0.15) is 0 Å². The second kappa shape index (κ2) is 6.90. The number of hydrogen-bond donors (Lipinski definition) is 1. The quantitative estimate of drug-likeness (QED) is 0.639. The van der Waals surface area contributed by atoms with E-state index in [4.69, 9.17) is 5.11 Å². The van der Waals surface area contributed by atoms with Crippen LogP contribution in [0, 0.1) is 5.92 Å². The summed E-state index contributed by atoms with van der Waals surface area (Å²) in [5, 5.41) is 9.24. The second-order valence-corrected chi connectivity index (χ2v) is 6.07. The van der Waals surface area contributed by atoms with Gasteiger partial charge in [-0.3, -0.25) is 9.59 Å². The maximum Gasteiger partial charge on any atom is 0.313 e. The topological polar surface area (TPSA) is 75.4 Å². The van der Waals surface area contributed by atoms with E-state index < -0.39 is 5.97 Å². The summed E-state index contributed by atoms with van der Waals surface area (Å²) in [6.07, 6.45) is 3.95. The number of aliphatic carboxylic acids is 1. The molecule has 1 aromatic rings. The van der Waals surface area contributed by atoms with Gasteiger partial charge in [0.05, 0.1) is 5.75 Å². The monoisotopic (exact) mass is 297 g/mol. The molecule has 0 saturated carbocycles. The van der Waals surface area contributed by atoms with Crippen molar-refractivity contribution in [1.29, 1.82) is 0 Å². The van der Waals surface area contributed by atoms with Gasteiger partial charge in [-0.2, -0.15) is 4.98 Å². The number of carboxylic acid groups (broad SMARTS) is 1. The molecule has 1 saturated heterocycles. The Bertz CT molecular complexity index is 524. The summed E-state index contributed by atoms with van der Waals surface area (Å²) in [5.41, 5.74) is -0.322. The molecule has 20 heavy (non-hydrogen) atoms. The summed E-state index contributed by atoms with van der Waals surface area (Å²) >= 11 is 1.10. The van der Waals surface area contributed by atoms with E-state index in [0.29, 0.717) is 11.1 Å². The Balaban J connectivity index is 2.06. The van der Waals surface area contributed by atoms with Gasteiger partial charge in [-0.1, -0.05) is 11.8 Å². The summed E-state index contributed by atoms with van der Waals surface area (Å²) in [6, 6.07) is 1.43. The molecule has 0 radical (unpaired) electrons. The third kappa shape index (κ3) is 4.35. The minimum atomic E-state index is -0.904. The van der Waals surface area contributed by atoms with Gasteiger partial charge in [0.25, 0.3) is 5.56 Å². The fourth-order valence-corrected chi connectivity index (χ4v) is 3.02. The Labute approximate surface area is 121 Å². The average Bonchev–Trinajstić information content (AvgIpc) is 2.41. The third-order valence-corrected chi connectivity index (χ3v) is 4.44. The van der Waals surface area contributed by atoms with Crippen LogP contribution in [0.15, 0.2) is 22.2 Å². The molecule has 7 heteroatoms. The zero-order valence-corrected chi connectivity index (χ0v) is 12.3. The lowest BCUT2D eigenvalue weighted by molar-refractivity contribution is -0.133. The van der Waals surface area contributed by atoms with Crippen LogP contribution >= 0.6 is 11.8 Å². The lowest BCUT2D eigenvalue weighted by Crippen LogP contribution is -2.32. The molecule has 0 bridgehead atoms. The van der Waals surface area contributed by atoms with E-state index in [-0.39, 0.29) is 11.3 Å². The van der Waals surface area contributed by atoms with Crippen LogP contribution in [0.1, 0.15) is 12.8 Å². The molecule has 0 aliphatic carbocycles. The second-order valence-electron chi connectivity index (χ2n) is 5.13. The average molecular weight is 297 g/mol. The summed E-state index contributed by atoms with van der Waals surface area (Å²) in [4.78, 5) is 28.2. The van der Waals surface area contributed by atoms with Gasteiger partial charge in [-0.25, -0.2) is 0 Å². The molecule has 1 N–H and O–H groups in total. The maximum atomic E-state index is 11.3. The van der Waals surface area contributed by atoms with Crippen LogP contribution in [-0.2, 0) is 11.3 Å². The van der Waals surface area contributed by atoms with E-state index in [9.17, 15) is 9.59 Å². The largest absolute Gasteiger partial charge is 0.481 e. The highest BCUT2D eigenvalue weighted by Crippen LogP contribution is 2.21. The van der Waals surface area contributed by atoms with Gasteiger partial charge >= 0.3 is 5.97 Å². The highest BCUT2D eigenvalue weighted by Gasteiger charge is 2.18. The molecule has 1 aliphatic heterocycles. The van der Waals surface area contributed by atoms with E-state index in [2.05, 4.69) is 16.9 Å². The van der Waals surface area contributed by atoms with E-state index in [1.807, 2.05) is 4.57 Å². The number of carbonyl (C=O) groups is 1. The molecule has 1 fully saturated rings. The Morgan fingerprint density at radius 1 is 1.50 bits per heavy atom. The van der Waals surface area contributed by atoms with Crippen LogP contribution in [0.2, 0.25) is 0 Å². The van der Waals surface area contributed by atoms with Crippen LogP contribution in [0.5, 0.6) is 0 Å². The molecular weight excluding hydrogens is 278 g/mol. The Kier molecular flexibility index (Phi) is 5.19. The lowest BCUT2D eigenvalue weighted by atomic mass is 9.97. The number of carboxylic acids is 1. The van der Waals surface area contributed by atoms with Gasteiger partial charge in [0, 0.05) is 18.8 Å². The van der Waals surface area contributed by atoms with Crippen molar-refractivity contribution in [2.45, 2.75) is 24.5 Å². The third-order valence-electron chi connectivity index (χ3n) is 3.47. The van der Waals surface area contributed by atoms with Crippen LogP contribution in [0.3, 0.4) is 0 Å². The predicted molar refractivity (Wildman–Crippen MR) is 77.1 cm³/mol. The number of hydrogen-bond acceptors (Lipinski definition) is 5. The smallest absolute Gasteiger partial charge is 0.313 e. The summed E-state index contributed by atoms with van der Waals surface area (Å²) in [5.74, 6) is -0.428. The SMILES string of the molecule is CN1CCC(Cn2ccc(=O)nc2SCC(=O)O)CC1. The van der Waals surface area contributed by atoms with E-state index in [0.717, 1.165) is 44.2 Å². The molecule has 0 spiro atoms. The number of nitrogens with zero attached hydrogens (tertiary/aromatic N) is 3. The molecule has 1 aliphatic rings. The summed E-state index contributed by atoms with van der Waals surface area (Å²) < 4.78 is 1.91. The minimum absolute atomic E-state index is 0.0795. The van der Waals surface area contributed by atoms with Crippen LogP contribution in [0.4, 0.5) is 0 Å². The molecule has 2 rings (SSSR count). The number of thioether (sulfide) groups is 1. The number of piperidine rings is 1. The zero-order chi connectivity index (χ0) is 14.5. The van der Waals surface area contributed by atoms with Gasteiger partial charge in [-0.05, 0) is 38.9 Å². The van der Waals surface area contributed by atoms with Crippen molar-refractivity contribution in [2.75, 3.05) is 25.9 Å². The lowest BCUT2D eigenvalue weighted by Gasteiger charge is -2.29. The predicted octanol–water partition coefficient (Wildman–Crippen LogP) is 0.762. The molecule has 0 amide bonds. The molecule has 110 valence electrons. The Hall–Kier alpha value is -1.34. The first-order valence-electron chi connectivity index (χ1n) is 6.65. The van der Waals surface area contributed by atoms with Crippen molar-refractivity contribution in [3.05, 3.63) is 22.6 Å². The van der Waals surface area contributed by atoms with Crippen LogP contribution < -0.4 is 5.56 Å². The van der Waals surface area contributed by atoms with E-state index in [1.165, 1.54) is 6.07 Å². The molecular formula is C13H19N3O3S. The number of rotatable bonds is 5. The first-order valence-corrected chi connectivity index (χ1v) is 7.64. The van der Waals surface area contributed by atoms with Gasteiger partial charge in [0.15, 0.2) is 5.16 Å². The Morgan fingerprint density at radius 3 is 2.85 bits per heavy atom. The van der Waals surface area contributed by atoms with E-state index >= 15 is 0 Å². The van der Waals surface area contributed by atoms with Crippen molar-refractivity contribution in [2.24, 2.45) is 5.92 Å². The van der Waals surface area contributed by atoms with Crippen molar-refractivity contribution < 1.29 is 9.90 Å². The molecule has 0 atom stereocenters. The number of aromatic nitrogens is 2. The maximum absolute atomic E-state index is 11.3. The van der Waals surface area contributed by atoms with Gasteiger partial charge in [0.2, 0.25) is 0 Å². The van der Waals surface area contributed by atoms with Crippen molar-refractivity contribution in [3.63, 3.8) is 0 Å². The number of likely N-dealkylation sites (tertiary alicyclic amines) is 1. The standard InChI is InChI=1S/C13H19N3O3S/c1-15-5-2-10(3-6-15)8-16-7-4-11(17)14-13(16)20-9-12(18)19/h4,7,10H,2-3,5-6,8-9H2,1H3,(H,18,19). The van der Waals surface area contributed by atoms with Crippen molar-refractivity contribution >= 4 is 17.7 Å². The highest BCUT2D eigenvalue weighted by atomic mass is 32.2. The fourth-order valence-electron chi connectivity index (χ4n) is 2.32. The first-order chi connectivity index (χ1) is 9.54. The molecule has 0 aromatic carbocycles. The summed E-state index contributed by atoms with van der Waals surface area (Å²) in [7, 11) is 2.12. The molecule has 2 heterocycles. The highest BCUT2D eigenvalue weighted by molar-refractivity contribution is 7.99. The molecule has 6 nitrogen and oxygen atoms in total. The van der Waals surface area contributed by atoms with E-state index in [1.54, 1.807) is 6.20 Å². The van der Waals surface area contributed by atoms with Gasteiger partial charge in [-0.15, -0.1) is 0 Å². The fraction of sp³-hybridized carbons (Fsp3) is 0.615. The summed E-state index contributed by atoms with van der Waals surface area (Å²) in [6.45, 7) is 2.95. The Morgan fingerprint density at radius 2 is 2.20 bits per heavy atom. The molecule has 1 aromatic heterocycles. The normalized spacial score (nSPS) is 17.2. The first kappa shape index (κ1) is 15.1. The van der Waals surface area contributed by atoms with Crippen molar-refractivity contribution in [3.8, 4) is 0 Å². The van der Waals surface area contributed by atoms with Gasteiger partial charge < -0.3 is 14.6 Å². The molecule has 0 unspecified atom stereocenters. The van der Waals surface area contributed by atoms with Crippen molar-refractivity contribution in [1.82, 2.24) is 14.5 Å². The van der Waals surface area contributed by atoms with Crippen LogP contribution in [-0.4, -0.2) is 51.4 Å².